The fourth-order valence-corrected chi connectivity index (χ4v) is 3.28. The van der Waals surface area contributed by atoms with Crippen LogP contribution >= 0.6 is 0 Å². The normalized spacial score (nSPS) is 17.9. The van der Waals surface area contributed by atoms with Gasteiger partial charge in [0.2, 0.25) is 0 Å². The molecule has 2 N–H and O–H groups in total. The highest BCUT2D eigenvalue weighted by Crippen LogP contribution is 2.31. The van der Waals surface area contributed by atoms with Gasteiger partial charge in [0.1, 0.15) is 5.75 Å². The van der Waals surface area contributed by atoms with E-state index in [1.54, 1.807) is 11.9 Å². The number of amides is 3. The fourth-order valence-electron chi connectivity index (χ4n) is 3.28. The van der Waals surface area contributed by atoms with Crippen LogP contribution in [0.4, 0.5) is 10.5 Å². The average molecular weight is 331 g/mol. The minimum Gasteiger partial charge on any atom is -0.482 e. The van der Waals surface area contributed by atoms with Crippen molar-refractivity contribution in [1.82, 2.24) is 10.6 Å². The van der Waals surface area contributed by atoms with Gasteiger partial charge in [0.05, 0.1) is 5.69 Å². The Morgan fingerprint density at radius 1 is 1.29 bits per heavy atom. The Labute approximate surface area is 142 Å². The smallest absolute Gasteiger partial charge is 0.315 e. The van der Waals surface area contributed by atoms with Crippen LogP contribution in [0.25, 0.3) is 0 Å². The molecule has 1 fully saturated rings. The van der Waals surface area contributed by atoms with Gasteiger partial charge in [0.15, 0.2) is 6.61 Å². The Hall–Kier alpha value is -2.24. The van der Waals surface area contributed by atoms with E-state index in [9.17, 15) is 9.59 Å². The SMILES string of the molecule is CN1C(=O)COc2ccc(CCNC(=O)NC3CCCCC3)cc21. The van der Waals surface area contributed by atoms with Gasteiger partial charge in [-0.3, -0.25) is 4.79 Å². The van der Waals surface area contributed by atoms with Crippen LogP contribution in [-0.4, -0.2) is 38.2 Å². The topological polar surface area (TPSA) is 70.7 Å². The number of anilines is 1. The first kappa shape index (κ1) is 16.6. The van der Waals surface area contributed by atoms with E-state index in [0.29, 0.717) is 19.0 Å². The second-order valence-electron chi connectivity index (χ2n) is 6.53. The summed E-state index contributed by atoms with van der Waals surface area (Å²) in [5.74, 6) is 0.675. The molecular weight excluding hydrogens is 306 g/mol. The zero-order chi connectivity index (χ0) is 16.9. The molecule has 6 heteroatoms. The average Bonchev–Trinajstić information content (AvgIpc) is 2.59. The monoisotopic (exact) mass is 331 g/mol. The van der Waals surface area contributed by atoms with Gasteiger partial charge < -0.3 is 20.3 Å². The van der Waals surface area contributed by atoms with Crippen LogP contribution in [0, 0.1) is 0 Å². The molecule has 3 rings (SSSR count). The third-order valence-corrected chi connectivity index (χ3v) is 4.75. The van der Waals surface area contributed by atoms with Crippen LogP contribution in [0.3, 0.4) is 0 Å². The van der Waals surface area contributed by atoms with Crippen molar-refractivity contribution in [3.8, 4) is 5.75 Å². The standard InChI is InChI=1S/C18H25N3O3/c1-21-15-11-13(7-8-16(15)24-12-17(21)22)9-10-19-18(23)20-14-5-3-2-4-6-14/h7-8,11,14H,2-6,9-10,12H2,1H3,(H2,19,20,23). The summed E-state index contributed by atoms with van der Waals surface area (Å²) in [6.07, 6.45) is 6.56. The minimum atomic E-state index is -0.0875. The fraction of sp³-hybridized carbons (Fsp3) is 0.556. The summed E-state index contributed by atoms with van der Waals surface area (Å²) < 4.78 is 5.42. The predicted octanol–water partition coefficient (Wildman–Crippen LogP) is 2.22. The second kappa shape index (κ2) is 7.55. The molecule has 1 saturated carbocycles. The van der Waals surface area contributed by atoms with Gasteiger partial charge in [-0.2, -0.15) is 0 Å². The van der Waals surface area contributed by atoms with Gasteiger partial charge in [-0.05, 0) is 37.0 Å². The molecule has 0 atom stereocenters. The van der Waals surface area contributed by atoms with E-state index in [0.717, 1.165) is 29.8 Å². The molecule has 0 saturated heterocycles. The summed E-state index contributed by atoms with van der Waals surface area (Å²) in [6.45, 7) is 0.654. The van der Waals surface area contributed by atoms with Crippen LogP contribution < -0.4 is 20.3 Å². The highest BCUT2D eigenvalue weighted by atomic mass is 16.5. The molecule has 0 radical (unpaired) electrons. The van der Waals surface area contributed by atoms with Gasteiger partial charge >= 0.3 is 6.03 Å². The molecule has 1 heterocycles. The van der Waals surface area contributed by atoms with Crippen molar-refractivity contribution >= 4 is 17.6 Å². The molecule has 0 aromatic heterocycles. The van der Waals surface area contributed by atoms with Crippen LogP contribution in [0.2, 0.25) is 0 Å². The molecule has 24 heavy (non-hydrogen) atoms. The van der Waals surface area contributed by atoms with Crippen molar-refractivity contribution in [1.29, 1.82) is 0 Å². The summed E-state index contributed by atoms with van der Waals surface area (Å²) in [7, 11) is 1.75. The number of likely N-dealkylation sites (N-methyl/N-ethyl adjacent to an activating group) is 1. The lowest BCUT2D eigenvalue weighted by Crippen LogP contribution is -2.43. The van der Waals surface area contributed by atoms with Gasteiger partial charge in [-0.25, -0.2) is 4.79 Å². The lowest BCUT2D eigenvalue weighted by atomic mass is 9.96. The molecular formula is C18H25N3O3. The van der Waals surface area contributed by atoms with E-state index >= 15 is 0 Å². The maximum Gasteiger partial charge on any atom is 0.315 e. The number of hydrogen-bond donors (Lipinski definition) is 2. The van der Waals surface area contributed by atoms with Crippen molar-refractivity contribution in [2.75, 3.05) is 25.1 Å². The molecule has 1 aromatic rings. The van der Waals surface area contributed by atoms with Gasteiger partial charge in [0, 0.05) is 19.6 Å². The quantitative estimate of drug-likeness (QED) is 0.889. The van der Waals surface area contributed by atoms with Crippen LogP contribution in [0.15, 0.2) is 18.2 Å². The molecule has 0 unspecified atom stereocenters. The van der Waals surface area contributed by atoms with Crippen LogP contribution in [-0.2, 0) is 11.2 Å². The number of benzene rings is 1. The first-order valence-electron chi connectivity index (χ1n) is 8.70. The molecule has 2 aliphatic rings. The lowest BCUT2D eigenvalue weighted by Gasteiger charge is -2.26. The largest absolute Gasteiger partial charge is 0.482 e. The first-order valence-corrected chi connectivity index (χ1v) is 8.70. The molecule has 130 valence electrons. The van der Waals surface area contributed by atoms with Crippen LogP contribution in [0.5, 0.6) is 5.75 Å². The van der Waals surface area contributed by atoms with E-state index in [1.165, 1.54) is 19.3 Å². The van der Waals surface area contributed by atoms with Crippen molar-refractivity contribution in [3.05, 3.63) is 23.8 Å². The van der Waals surface area contributed by atoms with E-state index < -0.39 is 0 Å². The summed E-state index contributed by atoms with van der Waals surface area (Å²) in [5.41, 5.74) is 1.85. The highest BCUT2D eigenvalue weighted by Gasteiger charge is 2.22. The van der Waals surface area contributed by atoms with Gasteiger partial charge in [-0.15, -0.1) is 0 Å². The molecule has 1 aliphatic heterocycles. The summed E-state index contributed by atoms with van der Waals surface area (Å²) >= 11 is 0. The van der Waals surface area contributed by atoms with Gasteiger partial charge in [0.25, 0.3) is 5.91 Å². The van der Waals surface area contributed by atoms with Crippen LogP contribution in [0.1, 0.15) is 37.7 Å². The molecule has 3 amide bonds. The summed E-state index contributed by atoms with van der Waals surface area (Å²) in [5, 5.41) is 5.96. The number of nitrogens with zero attached hydrogens (tertiary/aromatic N) is 1. The first-order chi connectivity index (χ1) is 11.6. The summed E-state index contributed by atoms with van der Waals surface area (Å²) in [6, 6.07) is 6.04. The minimum absolute atomic E-state index is 0.0513. The number of carbonyl (C=O) groups is 2. The Morgan fingerprint density at radius 3 is 2.88 bits per heavy atom. The molecule has 6 nitrogen and oxygen atoms in total. The molecule has 0 bridgehead atoms. The Morgan fingerprint density at radius 2 is 2.08 bits per heavy atom. The maximum atomic E-state index is 11.9. The van der Waals surface area contributed by atoms with Crippen molar-refractivity contribution in [2.45, 2.75) is 44.6 Å². The van der Waals surface area contributed by atoms with E-state index in [2.05, 4.69) is 10.6 Å². The number of fused-ring (bicyclic) bond motifs is 1. The maximum absolute atomic E-state index is 11.9. The number of nitrogens with one attached hydrogen (secondary N) is 2. The third kappa shape index (κ3) is 3.99. The number of rotatable bonds is 4. The van der Waals surface area contributed by atoms with E-state index in [4.69, 9.17) is 4.74 Å². The molecule has 1 aliphatic carbocycles. The van der Waals surface area contributed by atoms with Crippen molar-refractivity contribution in [2.24, 2.45) is 0 Å². The highest BCUT2D eigenvalue weighted by molar-refractivity contribution is 5.97. The lowest BCUT2D eigenvalue weighted by molar-refractivity contribution is -0.120. The zero-order valence-corrected chi connectivity index (χ0v) is 14.1. The Kier molecular flexibility index (Phi) is 5.23. The Balaban J connectivity index is 1.48. The predicted molar refractivity (Wildman–Crippen MR) is 92.5 cm³/mol. The molecule has 1 aromatic carbocycles. The van der Waals surface area contributed by atoms with Crippen molar-refractivity contribution in [3.63, 3.8) is 0 Å². The number of hydrogen-bond acceptors (Lipinski definition) is 3. The summed E-state index contributed by atoms with van der Waals surface area (Å²) in [4.78, 5) is 25.2. The molecule has 0 spiro atoms. The van der Waals surface area contributed by atoms with E-state index in [1.807, 2.05) is 18.2 Å². The van der Waals surface area contributed by atoms with Crippen molar-refractivity contribution < 1.29 is 14.3 Å². The number of carbonyl (C=O) groups excluding carboxylic acids is 2. The zero-order valence-electron chi connectivity index (χ0n) is 14.1. The van der Waals surface area contributed by atoms with Gasteiger partial charge in [-0.1, -0.05) is 25.3 Å². The Bertz CT molecular complexity index is 612. The third-order valence-electron chi connectivity index (χ3n) is 4.75. The number of urea groups is 1. The number of ether oxygens (including phenoxy) is 1. The van der Waals surface area contributed by atoms with E-state index in [-0.39, 0.29) is 18.5 Å². The second-order valence-corrected chi connectivity index (χ2v) is 6.53.